The van der Waals surface area contributed by atoms with Gasteiger partial charge in [0.25, 0.3) is 0 Å². The molecule has 0 saturated carbocycles. The molecule has 0 atom stereocenters. The lowest BCUT2D eigenvalue weighted by atomic mass is 10.4. The van der Waals surface area contributed by atoms with Crippen molar-refractivity contribution in [3.05, 3.63) is 27.0 Å². The van der Waals surface area contributed by atoms with E-state index in [2.05, 4.69) is 41.9 Å². The summed E-state index contributed by atoms with van der Waals surface area (Å²) in [6, 6.07) is 3.88. The van der Waals surface area contributed by atoms with E-state index in [4.69, 9.17) is 0 Å². The maximum absolute atomic E-state index is 4.17. The van der Waals surface area contributed by atoms with Gasteiger partial charge < -0.3 is 0 Å². The molecular weight excluding hydrogens is 286 g/mol. The molecule has 0 amide bonds. The van der Waals surface area contributed by atoms with Gasteiger partial charge in [0.1, 0.15) is 0 Å². The summed E-state index contributed by atoms with van der Waals surface area (Å²) in [5.41, 5.74) is 1.90. The van der Waals surface area contributed by atoms with E-state index in [1.54, 1.807) is 4.52 Å². The van der Waals surface area contributed by atoms with Gasteiger partial charge in [-0.05, 0) is 50.9 Å². The van der Waals surface area contributed by atoms with E-state index < -0.39 is 0 Å². The summed E-state index contributed by atoms with van der Waals surface area (Å²) in [4.78, 5) is 4.16. The molecule has 0 aliphatic heterocycles. The Hall–Kier alpha value is -0.420. The van der Waals surface area contributed by atoms with Crippen LogP contribution in [0.15, 0.2) is 21.3 Å². The van der Waals surface area contributed by atoms with Crippen LogP contribution in [0, 0.1) is 6.92 Å². The van der Waals surface area contributed by atoms with Crippen molar-refractivity contribution in [2.75, 3.05) is 0 Å². The Bertz CT molecular complexity index is 435. The van der Waals surface area contributed by atoms with Crippen LogP contribution in [0.3, 0.4) is 0 Å². The summed E-state index contributed by atoms with van der Waals surface area (Å²) in [7, 11) is 0. The Morgan fingerprint density at radius 3 is 2.83 bits per heavy atom. The lowest BCUT2D eigenvalue weighted by Gasteiger charge is -1.98. The predicted molar refractivity (Wildman–Crippen MR) is 53.1 cm³/mol. The van der Waals surface area contributed by atoms with Crippen LogP contribution in [-0.2, 0) is 0 Å². The van der Waals surface area contributed by atoms with E-state index in [1.807, 2.05) is 19.1 Å². The van der Waals surface area contributed by atoms with Crippen LogP contribution in [0.2, 0.25) is 0 Å². The summed E-state index contributed by atoms with van der Waals surface area (Å²) in [5.74, 6) is 0. The van der Waals surface area contributed by atoms with Crippen molar-refractivity contribution in [1.29, 1.82) is 0 Å². The summed E-state index contributed by atoms with van der Waals surface area (Å²) >= 11 is 6.65. The Morgan fingerprint density at radius 1 is 1.33 bits per heavy atom. The standard InChI is InChI=1S/C7H5Br2N3/c1-4-5(8)2-3-6-10-7(9)11-12(4)6/h2-3H,1H3. The van der Waals surface area contributed by atoms with Crippen molar-refractivity contribution in [2.45, 2.75) is 6.92 Å². The average Bonchev–Trinajstić information content (AvgIpc) is 2.39. The van der Waals surface area contributed by atoms with Crippen LogP contribution >= 0.6 is 31.9 Å². The highest BCUT2D eigenvalue weighted by molar-refractivity contribution is 9.10. The first-order valence-corrected chi connectivity index (χ1v) is 4.94. The first-order chi connectivity index (χ1) is 5.68. The monoisotopic (exact) mass is 289 g/mol. The van der Waals surface area contributed by atoms with Gasteiger partial charge in [-0.2, -0.15) is 0 Å². The Labute approximate surface area is 86.1 Å². The van der Waals surface area contributed by atoms with Crippen LogP contribution in [-0.4, -0.2) is 14.6 Å². The van der Waals surface area contributed by atoms with Crippen molar-refractivity contribution in [2.24, 2.45) is 0 Å². The Balaban J connectivity index is 2.89. The van der Waals surface area contributed by atoms with Crippen molar-refractivity contribution in [3.8, 4) is 0 Å². The van der Waals surface area contributed by atoms with E-state index in [0.717, 1.165) is 15.8 Å². The SMILES string of the molecule is Cc1c(Br)ccc2nc(Br)nn12. The normalized spacial score (nSPS) is 10.9. The zero-order valence-corrected chi connectivity index (χ0v) is 9.42. The molecule has 2 aromatic heterocycles. The highest BCUT2D eigenvalue weighted by Gasteiger charge is 2.04. The van der Waals surface area contributed by atoms with Gasteiger partial charge in [0.2, 0.25) is 4.73 Å². The maximum Gasteiger partial charge on any atom is 0.218 e. The maximum atomic E-state index is 4.17. The second kappa shape index (κ2) is 2.81. The quantitative estimate of drug-likeness (QED) is 0.746. The molecule has 0 aliphatic carbocycles. The zero-order chi connectivity index (χ0) is 8.72. The van der Waals surface area contributed by atoms with Gasteiger partial charge in [-0.15, -0.1) is 5.10 Å². The molecule has 12 heavy (non-hydrogen) atoms. The van der Waals surface area contributed by atoms with Crippen molar-refractivity contribution >= 4 is 37.5 Å². The minimum atomic E-state index is 0.615. The summed E-state index contributed by atoms with van der Waals surface area (Å²) in [5, 5.41) is 4.17. The van der Waals surface area contributed by atoms with Gasteiger partial charge in [-0.25, -0.2) is 9.50 Å². The largest absolute Gasteiger partial charge is 0.218 e. The predicted octanol–water partition coefficient (Wildman–Crippen LogP) is 2.56. The second-order valence-electron chi connectivity index (χ2n) is 2.42. The fraction of sp³-hybridized carbons (Fsp3) is 0.143. The Kier molecular flexibility index (Phi) is 1.92. The van der Waals surface area contributed by atoms with Crippen LogP contribution in [0.25, 0.3) is 5.65 Å². The highest BCUT2D eigenvalue weighted by Crippen LogP contribution is 2.17. The number of fused-ring (bicyclic) bond motifs is 1. The minimum Gasteiger partial charge on any atom is -0.216 e. The van der Waals surface area contributed by atoms with E-state index in [-0.39, 0.29) is 0 Å². The number of halogens is 2. The molecule has 2 heterocycles. The van der Waals surface area contributed by atoms with E-state index in [0.29, 0.717) is 4.73 Å². The minimum absolute atomic E-state index is 0.615. The molecule has 3 nitrogen and oxygen atoms in total. The third-order valence-electron chi connectivity index (χ3n) is 1.65. The number of nitrogens with zero attached hydrogens (tertiary/aromatic N) is 3. The van der Waals surface area contributed by atoms with Gasteiger partial charge in [-0.3, -0.25) is 0 Å². The smallest absolute Gasteiger partial charge is 0.216 e. The molecule has 0 saturated heterocycles. The van der Waals surface area contributed by atoms with Gasteiger partial charge in [0.15, 0.2) is 5.65 Å². The van der Waals surface area contributed by atoms with Crippen LogP contribution in [0.5, 0.6) is 0 Å². The molecular formula is C7H5Br2N3. The zero-order valence-electron chi connectivity index (χ0n) is 6.25. The average molecular weight is 291 g/mol. The summed E-state index contributed by atoms with van der Waals surface area (Å²) < 4.78 is 3.44. The second-order valence-corrected chi connectivity index (χ2v) is 3.98. The molecule has 62 valence electrons. The number of aryl methyl sites for hydroxylation is 1. The molecule has 0 radical (unpaired) electrons. The number of pyridine rings is 1. The number of aromatic nitrogens is 3. The van der Waals surface area contributed by atoms with Gasteiger partial charge in [0.05, 0.1) is 5.69 Å². The molecule has 2 rings (SSSR count). The lowest BCUT2D eigenvalue weighted by molar-refractivity contribution is 0.896. The van der Waals surface area contributed by atoms with Crippen LogP contribution in [0.1, 0.15) is 5.69 Å². The number of hydrogen-bond donors (Lipinski definition) is 0. The molecule has 0 fully saturated rings. The third kappa shape index (κ3) is 1.17. The first kappa shape index (κ1) is 8.19. The molecule has 0 bridgehead atoms. The van der Waals surface area contributed by atoms with Crippen LogP contribution < -0.4 is 0 Å². The third-order valence-corrected chi connectivity index (χ3v) is 2.82. The summed E-state index contributed by atoms with van der Waals surface area (Å²) in [6.45, 7) is 1.98. The summed E-state index contributed by atoms with van der Waals surface area (Å²) in [6.07, 6.45) is 0. The fourth-order valence-electron chi connectivity index (χ4n) is 1.02. The lowest BCUT2D eigenvalue weighted by Crippen LogP contribution is -1.93. The molecule has 0 spiro atoms. The van der Waals surface area contributed by atoms with E-state index in [1.165, 1.54) is 0 Å². The van der Waals surface area contributed by atoms with Crippen molar-refractivity contribution in [1.82, 2.24) is 14.6 Å². The highest BCUT2D eigenvalue weighted by atomic mass is 79.9. The van der Waals surface area contributed by atoms with Gasteiger partial charge in [0, 0.05) is 4.47 Å². The molecule has 5 heteroatoms. The molecule has 0 aliphatic rings. The molecule has 0 unspecified atom stereocenters. The molecule has 0 N–H and O–H groups in total. The van der Waals surface area contributed by atoms with Crippen LogP contribution in [0.4, 0.5) is 0 Å². The van der Waals surface area contributed by atoms with Crippen molar-refractivity contribution in [3.63, 3.8) is 0 Å². The molecule has 2 aromatic rings. The van der Waals surface area contributed by atoms with E-state index in [9.17, 15) is 0 Å². The fourth-order valence-corrected chi connectivity index (χ4v) is 1.66. The van der Waals surface area contributed by atoms with Crippen molar-refractivity contribution < 1.29 is 0 Å². The topological polar surface area (TPSA) is 30.2 Å². The van der Waals surface area contributed by atoms with Gasteiger partial charge >= 0.3 is 0 Å². The first-order valence-electron chi connectivity index (χ1n) is 3.36. The number of hydrogen-bond acceptors (Lipinski definition) is 2. The Morgan fingerprint density at radius 2 is 2.08 bits per heavy atom. The molecule has 0 aromatic carbocycles. The van der Waals surface area contributed by atoms with E-state index >= 15 is 0 Å². The number of rotatable bonds is 0. The van der Waals surface area contributed by atoms with Gasteiger partial charge in [-0.1, -0.05) is 0 Å².